The predicted octanol–water partition coefficient (Wildman–Crippen LogP) is 5.52. The van der Waals surface area contributed by atoms with E-state index in [1.807, 2.05) is 12.3 Å². The summed E-state index contributed by atoms with van der Waals surface area (Å²) in [5.74, 6) is 0.525. The van der Waals surface area contributed by atoms with E-state index in [9.17, 15) is 9.90 Å². The Morgan fingerprint density at radius 1 is 1.19 bits per heavy atom. The Morgan fingerprint density at radius 3 is 2.63 bits per heavy atom. The molecule has 0 spiro atoms. The lowest BCUT2D eigenvalue weighted by molar-refractivity contribution is -0.139. The number of benzene rings is 2. The van der Waals surface area contributed by atoms with Crippen LogP contribution in [0, 0.1) is 0 Å². The monoisotopic (exact) mass is 447 g/mol. The molecule has 0 radical (unpaired) electrons. The maximum atomic E-state index is 11.4. The molecule has 2 aromatic carbocycles. The largest absolute Gasteiger partial charge is 0.489 e. The molecule has 2 N–H and O–H groups in total. The third-order valence-electron chi connectivity index (χ3n) is 3.85. The fourth-order valence-electron chi connectivity index (χ4n) is 2.40. The second-order valence-corrected chi connectivity index (χ2v) is 8.08. The van der Waals surface area contributed by atoms with Crippen molar-refractivity contribution in [3.8, 4) is 5.75 Å². The van der Waals surface area contributed by atoms with Crippen molar-refractivity contribution in [2.75, 3.05) is 12.0 Å². The third-order valence-corrected chi connectivity index (χ3v) is 5.47. The molecule has 0 heterocycles. The van der Waals surface area contributed by atoms with Crippen LogP contribution in [0.15, 0.2) is 36.4 Å². The van der Waals surface area contributed by atoms with E-state index in [0.717, 1.165) is 16.9 Å². The van der Waals surface area contributed by atoms with Crippen LogP contribution in [0.1, 0.15) is 17.5 Å². The summed E-state index contributed by atoms with van der Waals surface area (Å²) < 4.78 is 5.90. The molecule has 0 saturated carbocycles. The van der Waals surface area contributed by atoms with Crippen molar-refractivity contribution in [2.45, 2.75) is 25.6 Å². The summed E-state index contributed by atoms with van der Waals surface area (Å²) in [4.78, 5) is 11.4. The smallest absolute Gasteiger partial charge is 0.320 e. The lowest BCUT2D eigenvalue weighted by atomic mass is 10.1. The zero-order valence-corrected chi connectivity index (χ0v) is 17.8. The van der Waals surface area contributed by atoms with Gasteiger partial charge in [-0.2, -0.15) is 11.8 Å². The molecule has 0 amide bonds. The average molecular weight is 449 g/mol. The van der Waals surface area contributed by atoms with Gasteiger partial charge in [-0.3, -0.25) is 4.79 Å². The highest BCUT2D eigenvalue weighted by Crippen LogP contribution is 2.26. The molecule has 0 fully saturated rings. The highest BCUT2D eigenvalue weighted by Gasteiger charge is 2.17. The SMILES string of the molecule is CSCCC(NCc1cc(Cl)ccc1OCc1ccc(Cl)c(Cl)c1)C(=O)O. The van der Waals surface area contributed by atoms with Gasteiger partial charge in [0.25, 0.3) is 0 Å². The zero-order chi connectivity index (χ0) is 19.8. The number of rotatable bonds is 10. The molecule has 0 aromatic heterocycles. The molecule has 0 aliphatic heterocycles. The van der Waals surface area contributed by atoms with Crippen molar-refractivity contribution in [1.82, 2.24) is 5.32 Å². The minimum atomic E-state index is -0.871. The second-order valence-electron chi connectivity index (χ2n) is 5.84. The summed E-state index contributed by atoms with van der Waals surface area (Å²) in [5.41, 5.74) is 1.67. The molecule has 0 saturated heterocycles. The molecule has 146 valence electrons. The van der Waals surface area contributed by atoms with E-state index in [1.165, 1.54) is 0 Å². The highest BCUT2D eigenvalue weighted by molar-refractivity contribution is 7.98. The first-order valence-corrected chi connectivity index (χ1v) is 10.7. The third kappa shape index (κ3) is 7.09. The van der Waals surface area contributed by atoms with Gasteiger partial charge in [-0.15, -0.1) is 0 Å². The summed E-state index contributed by atoms with van der Waals surface area (Å²) in [5, 5.41) is 13.9. The van der Waals surface area contributed by atoms with Gasteiger partial charge in [-0.1, -0.05) is 40.9 Å². The number of ether oxygens (including phenoxy) is 1. The van der Waals surface area contributed by atoms with Crippen molar-refractivity contribution >= 4 is 52.5 Å². The van der Waals surface area contributed by atoms with Gasteiger partial charge in [0.15, 0.2) is 0 Å². The van der Waals surface area contributed by atoms with Crippen LogP contribution >= 0.6 is 46.6 Å². The van der Waals surface area contributed by atoms with Crippen LogP contribution in [0.2, 0.25) is 15.1 Å². The summed E-state index contributed by atoms with van der Waals surface area (Å²) in [7, 11) is 0. The van der Waals surface area contributed by atoms with Gasteiger partial charge in [0.1, 0.15) is 18.4 Å². The molecule has 1 unspecified atom stereocenters. The standard InChI is InChI=1S/C19H20Cl3NO3S/c1-27-7-6-17(19(24)25)23-10-13-9-14(20)3-5-18(13)26-11-12-2-4-15(21)16(22)8-12/h2-5,8-9,17,23H,6-7,10-11H2,1H3,(H,24,25). The van der Waals surface area contributed by atoms with Crippen LogP contribution in [0.3, 0.4) is 0 Å². The molecule has 2 aromatic rings. The van der Waals surface area contributed by atoms with Gasteiger partial charge < -0.3 is 15.2 Å². The number of nitrogens with one attached hydrogen (secondary N) is 1. The quantitative estimate of drug-likeness (QED) is 0.501. The highest BCUT2D eigenvalue weighted by atomic mass is 35.5. The molecule has 1 atom stereocenters. The minimum absolute atomic E-state index is 0.306. The normalized spacial score (nSPS) is 12.0. The molecule has 2 rings (SSSR count). The van der Waals surface area contributed by atoms with Crippen LogP contribution in [0.4, 0.5) is 0 Å². The van der Waals surface area contributed by atoms with Crippen LogP contribution in [0.25, 0.3) is 0 Å². The molecular formula is C19H20Cl3NO3S. The Hall–Kier alpha value is -1.11. The van der Waals surface area contributed by atoms with Gasteiger partial charge in [-0.05, 0) is 54.3 Å². The molecule has 0 aliphatic rings. The average Bonchev–Trinajstić information content (AvgIpc) is 2.63. The van der Waals surface area contributed by atoms with Gasteiger partial charge in [0, 0.05) is 17.1 Å². The Morgan fingerprint density at radius 2 is 1.96 bits per heavy atom. The first-order valence-electron chi connectivity index (χ1n) is 8.21. The van der Waals surface area contributed by atoms with Crippen molar-refractivity contribution in [3.05, 3.63) is 62.6 Å². The molecule has 27 heavy (non-hydrogen) atoms. The number of thioether (sulfide) groups is 1. The number of carbonyl (C=O) groups is 1. The Balaban J connectivity index is 2.06. The molecule has 0 aliphatic carbocycles. The fraction of sp³-hybridized carbons (Fsp3) is 0.316. The van der Waals surface area contributed by atoms with E-state index < -0.39 is 12.0 Å². The maximum absolute atomic E-state index is 11.4. The van der Waals surface area contributed by atoms with Crippen molar-refractivity contribution in [3.63, 3.8) is 0 Å². The molecular weight excluding hydrogens is 429 g/mol. The van der Waals surface area contributed by atoms with Gasteiger partial charge in [-0.25, -0.2) is 0 Å². The van der Waals surface area contributed by atoms with E-state index >= 15 is 0 Å². The molecule has 4 nitrogen and oxygen atoms in total. The molecule has 0 bridgehead atoms. The van der Waals surface area contributed by atoms with E-state index in [1.54, 1.807) is 42.1 Å². The van der Waals surface area contributed by atoms with Crippen molar-refractivity contribution in [1.29, 1.82) is 0 Å². The first kappa shape index (κ1) is 22.2. The van der Waals surface area contributed by atoms with Crippen LogP contribution in [0.5, 0.6) is 5.75 Å². The lowest BCUT2D eigenvalue weighted by Gasteiger charge is -2.17. The van der Waals surface area contributed by atoms with E-state index in [-0.39, 0.29) is 0 Å². The summed E-state index contributed by atoms with van der Waals surface area (Å²) in [6.45, 7) is 0.642. The zero-order valence-electron chi connectivity index (χ0n) is 14.7. The van der Waals surface area contributed by atoms with Crippen LogP contribution in [-0.2, 0) is 17.9 Å². The Bertz CT molecular complexity index is 789. The number of hydrogen-bond donors (Lipinski definition) is 2. The number of carboxylic acids is 1. The van der Waals surface area contributed by atoms with E-state index in [4.69, 9.17) is 39.5 Å². The van der Waals surface area contributed by atoms with Gasteiger partial charge in [0.2, 0.25) is 0 Å². The summed E-state index contributed by atoms with van der Waals surface area (Å²) in [6, 6.07) is 9.96. The van der Waals surface area contributed by atoms with Crippen LogP contribution < -0.4 is 10.1 Å². The minimum Gasteiger partial charge on any atom is -0.489 e. The van der Waals surface area contributed by atoms with E-state index in [0.29, 0.717) is 40.4 Å². The van der Waals surface area contributed by atoms with Gasteiger partial charge >= 0.3 is 5.97 Å². The lowest BCUT2D eigenvalue weighted by Crippen LogP contribution is -2.36. The number of aliphatic carboxylic acids is 1. The van der Waals surface area contributed by atoms with E-state index in [2.05, 4.69) is 5.32 Å². The molecule has 8 heteroatoms. The number of halogens is 3. The Kier molecular flexibility index (Phi) is 9.06. The van der Waals surface area contributed by atoms with Crippen molar-refractivity contribution < 1.29 is 14.6 Å². The summed E-state index contributed by atoms with van der Waals surface area (Å²) >= 11 is 19.7. The number of carboxylic acid groups (broad SMARTS) is 1. The maximum Gasteiger partial charge on any atom is 0.320 e. The number of hydrogen-bond acceptors (Lipinski definition) is 4. The second kappa shape index (κ2) is 11.0. The summed E-state index contributed by atoms with van der Waals surface area (Å²) in [6.07, 6.45) is 2.49. The van der Waals surface area contributed by atoms with Gasteiger partial charge in [0.05, 0.1) is 10.0 Å². The van der Waals surface area contributed by atoms with Crippen molar-refractivity contribution in [2.24, 2.45) is 0 Å². The first-order chi connectivity index (χ1) is 12.9. The fourth-order valence-corrected chi connectivity index (χ4v) is 3.39. The predicted molar refractivity (Wildman–Crippen MR) is 114 cm³/mol. The Labute approximate surface area is 178 Å². The van der Waals surface area contributed by atoms with Crippen LogP contribution in [-0.4, -0.2) is 29.1 Å². The topological polar surface area (TPSA) is 58.6 Å².